The molecule has 0 aromatic carbocycles. The molecule has 18 heavy (non-hydrogen) atoms. The summed E-state index contributed by atoms with van der Waals surface area (Å²) in [6, 6.07) is 0. The first kappa shape index (κ1) is 17.7. The van der Waals surface area contributed by atoms with E-state index in [9.17, 15) is 0 Å². The predicted octanol–water partition coefficient (Wildman–Crippen LogP) is 1.33. The normalized spacial score (nSPS) is 12.1. The van der Waals surface area contributed by atoms with Crippen LogP contribution in [0, 0.1) is 0 Å². The average Bonchev–Trinajstić information content (AvgIpc) is 2.38. The second kappa shape index (κ2) is 10.6. The molecule has 0 radical (unpaired) electrons. The van der Waals surface area contributed by atoms with E-state index in [1.165, 1.54) is 14.2 Å². The molecule has 0 aliphatic rings. The molecule has 0 rings (SSSR count). The highest BCUT2D eigenvalue weighted by Gasteiger charge is 2.45. The summed E-state index contributed by atoms with van der Waals surface area (Å²) >= 11 is 0. The molecule has 0 aromatic heterocycles. The quantitative estimate of drug-likeness (QED) is 0.305. The minimum atomic E-state index is -3.14. The second-order valence-electron chi connectivity index (χ2n) is 3.18. The molecule has 108 valence electrons. The van der Waals surface area contributed by atoms with E-state index in [1.54, 1.807) is 6.08 Å². The van der Waals surface area contributed by atoms with Crippen LogP contribution < -0.4 is 0 Å². The van der Waals surface area contributed by atoms with E-state index in [0.717, 1.165) is 0 Å². The van der Waals surface area contributed by atoms with E-state index in [-0.39, 0.29) is 6.61 Å². The number of hydrogen-bond acceptors (Lipinski definition) is 6. The van der Waals surface area contributed by atoms with Gasteiger partial charge in [0, 0.05) is 27.4 Å². The first-order valence-electron chi connectivity index (χ1n) is 5.90. The van der Waals surface area contributed by atoms with Gasteiger partial charge in [-0.1, -0.05) is 6.08 Å². The minimum Gasteiger partial charge on any atom is -0.354 e. The molecular formula is C11H24O6Si. The van der Waals surface area contributed by atoms with Crippen LogP contribution in [0.2, 0.25) is 0 Å². The summed E-state index contributed by atoms with van der Waals surface area (Å²) in [7, 11) is -0.0742. The summed E-state index contributed by atoms with van der Waals surface area (Å²) in [6.45, 7) is 8.65. The number of methoxy groups -OCH3 is 2. The van der Waals surface area contributed by atoms with Crippen LogP contribution in [0.5, 0.6) is 0 Å². The monoisotopic (exact) mass is 280 g/mol. The van der Waals surface area contributed by atoms with E-state index in [0.29, 0.717) is 19.8 Å². The van der Waals surface area contributed by atoms with Crippen LogP contribution >= 0.6 is 0 Å². The molecule has 6 nitrogen and oxygen atoms in total. The largest absolute Gasteiger partial charge is 0.680 e. The van der Waals surface area contributed by atoms with Crippen LogP contribution in [0.15, 0.2) is 12.7 Å². The third-order valence-corrected chi connectivity index (χ3v) is 4.27. The lowest BCUT2D eigenvalue weighted by atomic mass is 10.7. The standard InChI is InChI=1S/C11H24O6Si/c1-6-9-16-18(14-7-2,15-8-3)17-10-11(12-4)13-5/h6,11H,1,7-10H2,2-5H3. The second-order valence-corrected chi connectivity index (χ2v) is 5.33. The molecule has 0 N–H and O–H groups in total. The Kier molecular flexibility index (Phi) is 10.5. The van der Waals surface area contributed by atoms with Crippen molar-refractivity contribution in [3.05, 3.63) is 12.7 Å². The molecule has 0 atom stereocenters. The van der Waals surface area contributed by atoms with Gasteiger partial charge in [0.2, 0.25) is 0 Å². The molecule has 0 fully saturated rings. The van der Waals surface area contributed by atoms with Crippen LogP contribution in [0.25, 0.3) is 0 Å². The SMILES string of the molecule is C=CCO[Si](OCC)(OCC)OCC(OC)OC. The van der Waals surface area contributed by atoms with Crippen molar-refractivity contribution >= 4 is 9.05 Å². The molecule has 0 aromatic rings. The Balaban J connectivity index is 4.52. The fourth-order valence-electron chi connectivity index (χ4n) is 1.17. The lowest BCUT2D eigenvalue weighted by Gasteiger charge is -2.28. The maximum atomic E-state index is 5.63. The molecule has 0 aliphatic carbocycles. The van der Waals surface area contributed by atoms with Gasteiger partial charge >= 0.3 is 9.05 Å². The molecule has 0 unspecified atom stereocenters. The van der Waals surface area contributed by atoms with Crippen molar-refractivity contribution in [2.75, 3.05) is 40.6 Å². The fourth-order valence-corrected chi connectivity index (χ4v) is 3.04. The van der Waals surface area contributed by atoms with Crippen molar-refractivity contribution in [2.45, 2.75) is 20.1 Å². The summed E-state index contributed by atoms with van der Waals surface area (Å²) in [5.41, 5.74) is 0. The topological polar surface area (TPSA) is 55.4 Å². The summed E-state index contributed by atoms with van der Waals surface area (Å²) in [6.07, 6.45) is 1.14. The van der Waals surface area contributed by atoms with Crippen LogP contribution in [0.1, 0.15) is 13.8 Å². The van der Waals surface area contributed by atoms with Gasteiger partial charge in [0.25, 0.3) is 0 Å². The van der Waals surface area contributed by atoms with Gasteiger partial charge in [0.15, 0.2) is 6.29 Å². The Morgan fingerprint density at radius 3 is 1.94 bits per heavy atom. The van der Waals surface area contributed by atoms with Gasteiger partial charge in [-0.3, -0.25) is 0 Å². The Bertz CT molecular complexity index is 204. The van der Waals surface area contributed by atoms with E-state index >= 15 is 0 Å². The molecule has 0 spiro atoms. The van der Waals surface area contributed by atoms with Crippen molar-refractivity contribution in [1.82, 2.24) is 0 Å². The van der Waals surface area contributed by atoms with Crippen molar-refractivity contribution in [2.24, 2.45) is 0 Å². The molecule has 0 aliphatic heterocycles. The summed E-state index contributed by atoms with van der Waals surface area (Å²) < 4.78 is 32.3. The first-order chi connectivity index (χ1) is 8.67. The van der Waals surface area contributed by atoms with E-state index in [4.69, 9.17) is 27.2 Å². The van der Waals surface area contributed by atoms with E-state index in [1.807, 2.05) is 13.8 Å². The van der Waals surface area contributed by atoms with Crippen molar-refractivity contribution < 1.29 is 27.2 Å². The molecule has 0 amide bonds. The highest BCUT2D eigenvalue weighted by atomic mass is 28.4. The summed E-state index contributed by atoms with van der Waals surface area (Å²) in [4.78, 5) is 0. The maximum Gasteiger partial charge on any atom is 0.680 e. The van der Waals surface area contributed by atoms with Crippen molar-refractivity contribution in [1.29, 1.82) is 0 Å². The average molecular weight is 280 g/mol. The van der Waals surface area contributed by atoms with Gasteiger partial charge < -0.3 is 27.2 Å². The summed E-state index contributed by atoms with van der Waals surface area (Å²) in [5, 5.41) is 0. The Morgan fingerprint density at radius 1 is 1.00 bits per heavy atom. The predicted molar refractivity (Wildman–Crippen MR) is 68.9 cm³/mol. The van der Waals surface area contributed by atoms with Gasteiger partial charge in [-0.25, -0.2) is 0 Å². The zero-order valence-electron chi connectivity index (χ0n) is 11.6. The minimum absolute atomic E-state index is 0.177. The number of ether oxygens (including phenoxy) is 2. The lowest BCUT2D eigenvalue weighted by molar-refractivity contribution is -0.143. The van der Waals surface area contributed by atoms with Gasteiger partial charge in [-0.05, 0) is 13.8 Å². The molecule has 0 saturated heterocycles. The van der Waals surface area contributed by atoms with Gasteiger partial charge in [-0.2, -0.15) is 0 Å². The van der Waals surface area contributed by atoms with Gasteiger partial charge in [-0.15, -0.1) is 6.58 Å². The summed E-state index contributed by atoms with van der Waals surface area (Å²) in [5.74, 6) is 0. The molecule has 0 saturated carbocycles. The number of rotatable bonds is 12. The van der Waals surface area contributed by atoms with Crippen molar-refractivity contribution in [3.8, 4) is 0 Å². The van der Waals surface area contributed by atoms with Crippen LogP contribution in [0.3, 0.4) is 0 Å². The number of hydrogen-bond donors (Lipinski definition) is 0. The van der Waals surface area contributed by atoms with Crippen LogP contribution in [0.4, 0.5) is 0 Å². The molecule has 0 heterocycles. The fraction of sp³-hybridized carbons (Fsp3) is 0.818. The Hall–Kier alpha value is -0.283. The highest BCUT2D eigenvalue weighted by molar-refractivity contribution is 6.53. The van der Waals surface area contributed by atoms with Crippen molar-refractivity contribution in [3.63, 3.8) is 0 Å². The Labute approximate surface area is 110 Å². The first-order valence-corrected chi connectivity index (χ1v) is 7.53. The molecule has 0 bridgehead atoms. The third-order valence-electron chi connectivity index (χ3n) is 1.94. The van der Waals surface area contributed by atoms with Crippen LogP contribution in [-0.2, 0) is 27.2 Å². The zero-order chi connectivity index (χ0) is 13.9. The van der Waals surface area contributed by atoms with Gasteiger partial charge in [0.05, 0.1) is 13.2 Å². The maximum absolute atomic E-state index is 5.63. The van der Waals surface area contributed by atoms with Gasteiger partial charge in [0.1, 0.15) is 0 Å². The lowest BCUT2D eigenvalue weighted by Crippen LogP contribution is -2.50. The smallest absolute Gasteiger partial charge is 0.354 e. The van der Waals surface area contributed by atoms with Crippen LogP contribution in [-0.4, -0.2) is 56.0 Å². The van der Waals surface area contributed by atoms with E-state index < -0.39 is 15.3 Å². The third kappa shape index (κ3) is 6.60. The molecule has 7 heteroatoms. The van der Waals surface area contributed by atoms with E-state index in [2.05, 4.69) is 6.58 Å². The molecular weight excluding hydrogens is 256 g/mol. The zero-order valence-corrected chi connectivity index (χ0v) is 12.6. The highest BCUT2D eigenvalue weighted by Crippen LogP contribution is 2.13. The Morgan fingerprint density at radius 2 is 1.56 bits per heavy atom.